The van der Waals surface area contributed by atoms with Crippen molar-refractivity contribution in [2.24, 2.45) is 0 Å². The largest absolute Gasteiger partial charge is 0.489 e. The topological polar surface area (TPSA) is 65.1 Å². The van der Waals surface area contributed by atoms with Crippen LogP contribution in [0.1, 0.15) is 60.2 Å². The molecule has 3 aromatic rings. The van der Waals surface area contributed by atoms with Gasteiger partial charge in [-0.3, -0.25) is 9.69 Å². The van der Waals surface area contributed by atoms with Crippen molar-refractivity contribution in [1.82, 2.24) is 4.90 Å². The Morgan fingerprint density at radius 1 is 0.795 bits per heavy atom. The van der Waals surface area contributed by atoms with E-state index in [0.717, 1.165) is 61.3 Å². The molecule has 0 fully saturated rings. The van der Waals surface area contributed by atoms with Crippen molar-refractivity contribution >= 4 is 23.5 Å². The third-order valence-corrected chi connectivity index (χ3v) is 6.49. The van der Waals surface area contributed by atoms with E-state index in [2.05, 4.69) is 11.0 Å². The Morgan fingerprint density at radius 3 is 2.13 bits per heavy atom. The van der Waals surface area contributed by atoms with Gasteiger partial charge in [0.25, 0.3) is 0 Å². The number of halogens is 1. The fraction of sp³-hybridized carbons (Fsp3) is 0.375. The molecule has 0 saturated heterocycles. The molecule has 0 radical (unpaired) electrons. The molecule has 0 aliphatic carbocycles. The minimum Gasteiger partial charge on any atom is -0.489 e. The van der Waals surface area contributed by atoms with Gasteiger partial charge in [0.1, 0.15) is 12.4 Å². The van der Waals surface area contributed by atoms with Crippen molar-refractivity contribution in [2.75, 3.05) is 27.3 Å². The molecule has 3 rings (SSSR count). The summed E-state index contributed by atoms with van der Waals surface area (Å²) >= 11 is 6.29. The molecule has 0 unspecified atom stereocenters. The molecular formula is C32H40ClNO5. The first-order valence-electron chi connectivity index (χ1n) is 13.4. The molecule has 0 bridgehead atoms. The molecule has 0 aliphatic rings. The fourth-order valence-electron chi connectivity index (χ4n) is 4.00. The Balaban J connectivity index is 0.00000260. The Hall–Kier alpha value is -3.35. The maximum atomic E-state index is 11.8. The van der Waals surface area contributed by atoms with Gasteiger partial charge in [0.15, 0.2) is 0 Å². The van der Waals surface area contributed by atoms with E-state index < -0.39 is 0 Å². The van der Waals surface area contributed by atoms with Crippen LogP contribution in [0, 0.1) is 0 Å². The van der Waals surface area contributed by atoms with Crippen LogP contribution >= 0.6 is 11.6 Å². The fourth-order valence-corrected chi connectivity index (χ4v) is 4.19. The number of para-hydroxylation sites is 1. The van der Waals surface area contributed by atoms with E-state index in [0.29, 0.717) is 23.6 Å². The van der Waals surface area contributed by atoms with Crippen LogP contribution in [-0.2, 0) is 33.8 Å². The lowest BCUT2D eigenvalue weighted by atomic mass is 10.1. The molecule has 0 heterocycles. The number of hydrogen-bond donors (Lipinski definition) is 0. The molecule has 0 saturated carbocycles. The van der Waals surface area contributed by atoms with Crippen molar-refractivity contribution in [1.29, 1.82) is 0 Å². The number of unbranched alkanes of at least 4 members (excludes halogenated alkanes) is 1. The lowest BCUT2D eigenvalue weighted by molar-refractivity contribution is -0.140. The highest BCUT2D eigenvalue weighted by molar-refractivity contribution is 6.31. The van der Waals surface area contributed by atoms with Gasteiger partial charge in [-0.1, -0.05) is 74.0 Å². The number of benzene rings is 3. The average Bonchev–Trinajstić information content (AvgIpc) is 2.98. The smallest absolute Gasteiger partial charge is 0.337 e. The lowest BCUT2D eigenvalue weighted by Gasteiger charge is -2.23. The summed E-state index contributed by atoms with van der Waals surface area (Å²) in [6, 6.07) is 23.2. The average molecular weight is 554 g/mol. The van der Waals surface area contributed by atoms with Crippen LogP contribution in [-0.4, -0.2) is 44.1 Å². The van der Waals surface area contributed by atoms with E-state index in [4.69, 9.17) is 25.8 Å². The zero-order valence-corrected chi connectivity index (χ0v) is 24.2. The van der Waals surface area contributed by atoms with Gasteiger partial charge < -0.3 is 14.2 Å². The highest BCUT2D eigenvalue weighted by atomic mass is 35.5. The number of rotatable bonds is 14. The molecule has 0 aliphatic heterocycles. The summed E-state index contributed by atoms with van der Waals surface area (Å²) in [5, 5.41) is 0.691. The van der Waals surface area contributed by atoms with Crippen molar-refractivity contribution < 1.29 is 23.8 Å². The van der Waals surface area contributed by atoms with Crippen LogP contribution < -0.4 is 4.74 Å². The molecular weight excluding hydrogens is 514 g/mol. The van der Waals surface area contributed by atoms with E-state index in [1.54, 1.807) is 12.1 Å². The SMILES string of the molecule is CC.COC(=O)CCCCN(CCc1ccccc1OCc1ccccc1Cl)Cc1ccc(C(=O)OC)cc1. The number of hydrogen-bond acceptors (Lipinski definition) is 6. The van der Waals surface area contributed by atoms with Crippen LogP contribution in [0.15, 0.2) is 72.8 Å². The van der Waals surface area contributed by atoms with Gasteiger partial charge in [0, 0.05) is 30.1 Å². The molecule has 3 aromatic carbocycles. The third kappa shape index (κ3) is 11.1. The van der Waals surface area contributed by atoms with Gasteiger partial charge in [0.2, 0.25) is 0 Å². The first-order valence-corrected chi connectivity index (χ1v) is 13.8. The van der Waals surface area contributed by atoms with Crippen molar-refractivity contribution in [3.8, 4) is 5.75 Å². The summed E-state index contributed by atoms with van der Waals surface area (Å²) in [5.74, 6) is 0.310. The van der Waals surface area contributed by atoms with Crippen LogP contribution in [0.3, 0.4) is 0 Å². The summed E-state index contributed by atoms with van der Waals surface area (Å²) < 4.78 is 15.7. The standard InChI is InChI=1S/C30H34ClNO5.C2H6/c1-35-29(33)13-7-8-19-32(21-23-14-16-25(17-15-23)30(34)36-2)20-18-24-9-4-6-12-28(24)37-22-26-10-3-5-11-27(26)31;1-2/h3-6,9-12,14-17H,7-8,13,18-22H2,1-2H3;1-2H3. The Labute approximate surface area is 237 Å². The second-order valence-corrected chi connectivity index (χ2v) is 9.14. The quantitative estimate of drug-likeness (QED) is 0.156. The minimum atomic E-state index is -0.348. The highest BCUT2D eigenvalue weighted by Gasteiger charge is 2.12. The number of nitrogens with zero attached hydrogens (tertiary/aromatic N) is 1. The van der Waals surface area contributed by atoms with Crippen LogP contribution in [0.4, 0.5) is 0 Å². The number of carbonyl (C=O) groups is 2. The molecule has 0 spiro atoms. The normalized spacial score (nSPS) is 10.4. The first kappa shape index (κ1) is 31.9. The third-order valence-electron chi connectivity index (χ3n) is 6.13. The maximum absolute atomic E-state index is 11.8. The summed E-state index contributed by atoms with van der Waals surface area (Å²) in [6.45, 7) is 6.77. The van der Waals surface area contributed by atoms with Crippen molar-refractivity contribution in [3.05, 3.63) is 100 Å². The number of carbonyl (C=O) groups excluding carboxylic acids is 2. The number of ether oxygens (including phenoxy) is 3. The zero-order valence-electron chi connectivity index (χ0n) is 23.5. The van der Waals surface area contributed by atoms with E-state index in [1.165, 1.54) is 14.2 Å². The molecule has 6 nitrogen and oxygen atoms in total. The second-order valence-electron chi connectivity index (χ2n) is 8.74. The van der Waals surface area contributed by atoms with E-state index in [9.17, 15) is 9.59 Å². The van der Waals surface area contributed by atoms with Gasteiger partial charge in [-0.05, 0) is 61.2 Å². The molecule has 0 N–H and O–H groups in total. The minimum absolute atomic E-state index is 0.186. The van der Waals surface area contributed by atoms with Crippen molar-refractivity contribution in [3.63, 3.8) is 0 Å². The lowest BCUT2D eigenvalue weighted by Crippen LogP contribution is -2.27. The van der Waals surface area contributed by atoms with E-state index in [-0.39, 0.29) is 11.9 Å². The molecule has 7 heteroatoms. The van der Waals surface area contributed by atoms with Crippen LogP contribution in [0.2, 0.25) is 5.02 Å². The first-order chi connectivity index (χ1) is 19.0. The molecule has 0 amide bonds. The van der Waals surface area contributed by atoms with Crippen LogP contribution in [0.5, 0.6) is 5.75 Å². The molecule has 210 valence electrons. The predicted molar refractivity (Wildman–Crippen MR) is 156 cm³/mol. The van der Waals surface area contributed by atoms with E-state index >= 15 is 0 Å². The Morgan fingerprint density at radius 2 is 1.46 bits per heavy atom. The van der Waals surface area contributed by atoms with Crippen molar-refractivity contribution in [2.45, 2.75) is 52.7 Å². The Kier molecular flexibility index (Phi) is 14.7. The highest BCUT2D eigenvalue weighted by Crippen LogP contribution is 2.23. The van der Waals surface area contributed by atoms with Gasteiger partial charge in [0.05, 0.1) is 19.8 Å². The Bertz CT molecular complexity index is 1150. The second kappa shape index (κ2) is 18.0. The van der Waals surface area contributed by atoms with Gasteiger partial charge in [-0.2, -0.15) is 0 Å². The number of esters is 2. The summed E-state index contributed by atoms with van der Waals surface area (Å²) in [5.41, 5.74) is 3.70. The monoisotopic (exact) mass is 553 g/mol. The summed E-state index contributed by atoms with van der Waals surface area (Å²) in [7, 11) is 2.79. The predicted octanol–water partition coefficient (Wildman–Crippen LogP) is 7.12. The maximum Gasteiger partial charge on any atom is 0.337 e. The summed E-state index contributed by atoms with van der Waals surface area (Å²) in [6.07, 6.45) is 2.86. The molecule has 39 heavy (non-hydrogen) atoms. The van der Waals surface area contributed by atoms with Gasteiger partial charge in [-0.25, -0.2) is 4.79 Å². The summed E-state index contributed by atoms with van der Waals surface area (Å²) in [4.78, 5) is 25.6. The van der Waals surface area contributed by atoms with E-state index in [1.807, 2.05) is 68.4 Å². The van der Waals surface area contributed by atoms with Gasteiger partial charge in [-0.15, -0.1) is 0 Å². The van der Waals surface area contributed by atoms with Gasteiger partial charge >= 0.3 is 11.9 Å². The zero-order chi connectivity index (χ0) is 28.5. The number of methoxy groups -OCH3 is 2. The molecule has 0 aromatic heterocycles. The van der Waals surface area contributed by atoms with Crippen LogP contribution in [0.25, 0.3) is 0 Å². The molecule has 0 atom stereocenters.